The highest BCUT2D eigenvalue weighted by Gasteiger charge is 2.24. The molecule has 3 rings (SSSR count). The maximum absolute atomic E-state index is 11.7. The summed E-state index contributed by atoms with van der Waals surface area (Å²) in [6.07, 6.45) is 2.56. The van der Waals surface area contributed by atoms with E-state index < -0.39 is 0 Å². The monoisotopic (exact) mass is 330 g/mol. The molecule has 1 aromatic heterocycles. The van der Waals surface area contributed by atoms with Gasteiger partial charge < -0.3 is 15.2 Å². The van der Waals surface area contributed by atoms with Gasteiger partial charge in [-0.05, 0) is 12.1 Å². The zero-order chi connectivity index (χ0) is 16.6. The van der Waals surface area contributed by atoms with Gasteiger partial charge in [-0.15, -0.1) is 0 Å². The van der Waals surface area contributed by atoms with Crippen molar-refractivity contribution in [2.45, 2.75) is 13.3 Å². The Hall–Kier alpha value is -2.27. The van der Waals surface area contributed by atoms with Crippen molar-refractivity contribution in [3.8, 4) is 0 Å². The van der Waals surface area contributed by atoms with E-state index in [1.165, 1.54) is 0 Å². The van der Waals surface area contributed by atoms with Crippen LogP contribution >= 0.6 is 11.6 Å². The normalized spacial score (nSPS) is 15.2. The molecule has 2 heterocycles. The van der Waals surface area contributed by atoms with Crippen LogP contribution in [0.2, 0.25) is 5.02 Å². The summed E-state index contributed by atoms with van der Waals surface area (Å²) in [5, 5.41) is 13.4. The molecule has 0 bridgehead atoms. The Balaban J connectivity index is 2.06. The van der Waals surface area contributed by atoms with E-state index >= 15 is 0 Å². The van der Waals surface area contributed by atoms with Gasteiger partial charge in [0.05, 0.1) is 16.3 Å². The maximum atomic E-state index is 11.7. The minimum atomic E-state index is 0.0355. The maximum Gasteiger partial charge on any atom is 0.219 e. The highest BCUT2D eigenvalue weighted by Crippen LogP contribution is 2.28. The van der Waals surface area contributed by atoms with E-state index in [1.807, 2.05) is 25.4 Å². The lowest BCUT2D eigenvalue weighted by atomic mass is 9.94. The van der Waals surface area contributed by atoms with E-state index in [2.05, 4.69) is 10.3 Å². The van der Waals surface area contributed by atoms with Crippen molar-refractivity contribution in [2.75, 3.05) is 20.1 Å². The Morgan fingerprint density at radius 1 is 1.39 bits per heavy atom. The van der Waals surface area contributed by atoms with Crippen LogP contribution in [0, 0.1) is 5.41 Å². The Morgan fingerprint density at radius 3 is 2.87 bits per heavy atom. The predicted molar refractivity (Wildman–Crippen MR) is 93.1 cm³/mol. The molecule has 0 atom stereocenters. The molecular weight excluding hydrogens is 312 g/mol. The second kappa shape index (κ2) is 6.08. The van der Waals surface area contributed by atoms with E-state index in [0.717, 1.165) is 34.2 Å². The number of amides is 1. The Labute approximate surface area is 139 Å². The molecule has 120 valence electrons. The molecule has 3 N–H and O–H groups in total. The Kier molecular flexibility index (Phi) is 4.13. The van der Waals surface area contributed by atoms with Crippen LogP contribution in [0.25, 0.3) is 10.9 Å². The average molecular weight is 331 g/mol. The van der Waals surface area contributed by atoms with Gasteiger partial charge in [0, 0.05) is 61.9 Å². The number of hydrogen-bond acceptors (Lipinski definition) is 3. The third-order valence-corrected chi connectivity index (χ3v) is 4.65. The lowest BCUT2D eigenvalue weighted by Crippen LogP contribution is -2.39. The molecular formula is C17H19ClN4O. The number of halogens is 1. The minimum absolute atomic E-state index is 0.0355. The summed E-state index contributed by atoms with van der Waals surface area (Å²) in [6, 6.07) is 5.60. The third-order valence-electron chi connectivity index (χ3n) is 4.34. The fraction of sp³-hybridized carbons (Fsp3) is 0.294. The van der Waals surface area contributed by atoms with Gasteiger partial charge in [-0.1, -0.05) is 17.7 Å². The van der Waals surface area contributed by atoms with Crippen LogP contribution in [0.4, 0.5) is 0 Å². The number of carbonyl (C=O) groups is 1. The quantitative estimate of drug-likeness (QED) is 0.757. The molecule has 0 unspecified atom stereocenters. The molecule has 0 fully saturated rings. The first-order valence-electron chi connectivity index (χ1n) is 7.53. The van der Waals surface area contributed by atoms with E-state index in [9.17, 15) is 4.79 Å². The van der Waals surface area contributed by atoms with Gasteiger partial charge in [0.1, 0.15) is 0 Å². The number of aromatic amines is 1. The Morgan fingerprint density at radius 2 is 2.17 bits per heavy atom. The highest BCUT2D eigenvalue weighted by molar-refractivity contribution is 6.36. The molecule has 1 amide bonds. The molecule has 2 aromatic rings. The molecule has 0 saturated carbocycles. The van der Waals surface area contributed by atoms with E-state index in [1.54, 1.807) is 17.9 Å². The number of nitrogens with zero attached hydrogens (tertiary/aromatic N) is 1. The van der Waals surface area contributed by atoms with Crippen molar-refractivity contribution in [3.05, 3.63) is 46.3 Å². The van der Waals surface area contributed by atoms with Crippen LogP contribution in [0.1, 0.15) is 18.9 Å². The van der Waals surface area contributed by atoms with Crippen molar-refractivity contribution in [3.63, 3.8) is 0 Å². The number of hydrogen-bond donors (Lipinski definition) is 3. The third kappa shape index (κ3) is 2.72. The average Bonchev–Trinajstić information content (AvgIpc) is 3.04. The highest BCUT2D eigenvalue weighted by atomic mass is 35.5. The minimum Gasteiger partial charge on any atom is -0.391 e. The predicted octanol–water partition coefficient (Wildman–Crippen LogP) is 2.91. The summed E-state index contributed by atoms with van der Waals surface area (Å²) in [4.78, 5) is 16.6. The molecule has 1 aromatic carbocycles. The van der Waals surface area contributed by atoms with Crippen molar-refractivity contribution in [2.24, 2.45) is 0 Å². The number of fused-ring (bicyclic) bond motifs is 1. The molecule has 1 aliphatic heterocycles. The van der Waals surface area contributed by atoms with Crippen molar-refractivity contribution >= 4 is 34.1 Å². The molecule has 0 radical (unpaired) electrons. The topological polar surface area (TPSA) is 72.0 Å². The summed E-state index contributed by atoms with van der Waals surface area (Å²) in [6.45, 7) is 2.71. The number of aromatic nitrogens is 1. The van der Waals surface area contributed by atoms with Gasteiger partial charge in [-0.25, -0.2) is 0 Å². The Bertz CT molecular complexity index is 821. The van der Waals surface area contributed by atoms with Crippen LogP contribution < -0.4 is 5.32 Å². The second-order valence-electron chi connectivity index (χ2n) is 5.63. The number of nitrogens with one attached hydrogen (secondary N) is 3. The van der Waals surface area contributed by atoms with Gasteiger partial charge in [0.25, 0.3) is 0 Å². The van der Waals surface area contributed by atoms with Gasteiger partial charge >= 0.3 is 0 Å². The molecule has 23 heavy (non-hydrogen) atoms. The standard InChI is InChI=1S/C17H19ClN4O/c1-10(23)22-8-6-15(20-2)13(9-22)16(19)11-3-4-14(18)17-12(11)5-7-21-17/h3-5,7,19-21H,6,8-9H2,1-2H3. The molecule has 0 spiro atoms. The summed E-state index contributed by atoms with van der Waals surface area (Å²) in [5.74, 6) is 0.0355. The lowest BCUT2D eigenvalue weighted by molar-refractivity contribution is -0.128. The first-order valence-corrected chi connectivity index (χ1v) is 7.91. The fourth-order valence-corrected chi connectivity index (χ4v) is 3.26. The van der Waals surface area contributed by atoms with Gasteiger partial charge in [0.15, 0.2) is 0 Å². The van der Waals surface area contributed by atoms with Crippen molar-refractivity contribution in [1.82, 2.24) is 15.2 Å². The smallest absolute Gasteiger partial charge is 0.219 e. The lowest BCUT2D eigenvalue weighted by Gasteiger charge is -2.30. The summed E-state index contributed by atoms with van der Waals surface area (Å²) >= 11 is 6.20. The van der Waals surface area contributed by atoms with Gasteiger partial charge in [-0.2, -0.15) is 0 Å². The van der Waals surface area contributed by atoms with Crippen LogP contribution in [0.15, 0.2) is 35.7 Å². The zero-order valence-corrected chi connectivity index (χ0v) is 13.9. The summed E-state index contributed by atoms with van der Waals surface area (Å²) in [5.41, 5.74) is 3.96. The first-order chi connectivity index (χ1) is 11.0. The molecule has 0 aliphatic carbocycles. The largest absolute Gasteiger partial charge is 0.391 e. The van der Waals surface area contributed by atoms with Crippen molar-refractivity contribution in [1.29, 1.82) is 5.41 Å². The summed E-state index contributed by atoms with van der Waals surface area (Å²) in [7, 11) is 1.86. The summed E-state index contributed by atoms with van der Waals surface area (Å²) < 4.78 is 0. The zero-order valence-electron chi connectivity index (χ0n) is 13.2. The number of carbonyl (C=O) groups excluding carboxylic acids is 1. The molecule has 6 heteroatoms. The van der Waals surface area contributed by atoms with Crippen LogP contribution in [0.5, 0.6) is 0 Å². The molecule has 1 aliphatic rings. The number of H-pyrrole nitrogens is 1. The SMILES string of the molecule is CNC1=C(C(=N)c2ccc(Cl)c3[nH]ccc23)CN(C(C)=O)CC1. The first kappa shape index (κ1) is 15.6. The second-order valence-corrected chi connectivity index (χ2v) is 6.04. The van der Waals surface area contributed by atoms with Crippen LogP contribution in [-0.2, 0) is 4.79 Å². The number of rotatable bonds is 3. The van der Waals surface area contributed by atoms with Gasteiger partial charge in [0.2, 0.25) is 5.91 Å². The van der Waals surface area contributed by atoms with E-state index in [-0.39, 0.29) is 5.91 Å². The number of benzene rings is 1. The fourth-order valence-electron chi connectivity index (χ4n) is 3.04. The van der Waals surface area contributed by atoms with Crippen molar-refractivity contribution < 1.29 is 4.79 Å². The van der Waals surface area contributed by atoms with Gasteiger partial charge in [-0.3, -0.25) is 10.2 Å². The van der Waals surface area contributed by atoms with Crippen LogP contribution in [0.3, 0.4) is 0 Å². The van der Waals surface area contributed by atoms with Crippen LogP contribution in [-0.4, -0.2) is 41.6 Å². The van der Waals surface area contributed by atoms with E-state index in [0.29, 0.717) is 23.8 Å². The molecule has 5 nitrogen and oxygen atoms in total. The molecule has 0 saturated heterocycles. The van der Waals surface area contributed by atoms with E-state index in [4.69, 9.17) is 17.0 Å².